The Bertz CT molecular complexity index is 583. The maximum Gasteiger partial charge on any atom is 0.410 e. The Balaban J connectivity index is 1.81. The maximum absolute atomic E-state index is 12.0. The number of ketones is 1. The van der Waals surface area contributed by atoms with Gasteiger partial charge in [-0.1, -0.05) is 18.2 Å². The van der Waals surface area contributed by atoms with E-state index in [0.717, 1.165) is 5.39 Å². The van der Waals surface area contributed by atoms with Crippen LogP contribution in [0.2, 0.25) is 0 Å². The predicted molar refractivity (Wildman–Crippen MR) is 63.5 cm³/mol. The first-order valence-corrected chi connectivity index (χ1v) is 5.67. The molecule has 18 heavy (non-hydrogen) atoms. The Morgan fingerprint density at radius 1 is 1.33 bits per heavy atom. The second kappa shape index (κ2) is 4.18. The van der Waals surface area contributed by atoms with Crippen molar-refractivity contribution in [3.8, 4) is 0 Å². The molecule has 1 fully saturated rings. The molecule has 5 heteroatoms. The number of carbonyl (C=O) groups is 2. The van der Waals surface area contributed by atoms with Gasteiger partial charge in [0.2, 0.25) is 5.78 Å². The summed E-state index contributed by atoms with van der Waals surface area (Å²) in [6.45, 7) is 0.787. The average Bonchev–Trinajstić information content (AvgIpc) is 2.96. The van der Waals surface area contributed by atoms with Gasteiger partial charge in [-0.25, -0.2) is 4.79 Å². The van der Waals surface area contributed by atoms with E-state index in [4.69, 9.17) is 9.15 Å². The van der Waals surface area contributed by atoms with E-state index >= 15 is 0 Å². The third-order valence-corrected chi connectivity index (χ3v) is 2.88. The first-order valence-electron chi connectivity index (χ1n) is 5.67. The number of carbonyl (C=O) groups excluding carboxylic acids is 2. The van der Waals surface area contributed by atoms with E-state index < -0.39 is 6.09 Å². The van der Waals surface area contributed by atoms with Crippen molar-refractivity contribution < 1.29 is 18.7 Å². The topological polar surface area (TPSA) is 59.8 Å². The van der Waals surface area contributed by atoms with Crippen LogP contribution in [0.25, 0.3) is 11.0 Å². The van der Waals surface area contributed by atoms with Crippen molar-refractivity contribution in [1.82, 2.24) is 4.90 Å². The lowest BCUT2D eigenvalue weighted by atomic mass is 10.2. The fourth-order valence-corrected chi connectivity index (χ4v) is 1.94. The number of hydrogen-bond acceptors (Lipinski definition) is 4. The van der Waals surface area contributed by atoms with Gasteiger partial charge in [0.1, 0.15) is 12.2 Å². The molecule has 0 radical (unpaired) electrons. The zero-order valence-electron chi connectivity index (χ0n) is 9.59. The number of cyclic esters (lactones) is 1. The Hall–Kier alpha value is -2.30. The summed E-state index contributed by atoms with van der Waals surface area (Å²) in [5.74, 6) is 0.0564. The van der Waals surface area contributed by atoms with Crippen LogP contribution in [0.15, 0.2) is 34.7 Å². The van der Waals surface area contributed by atoms with E-state index in [0.29, 0.717) is 18.7 Å². The summed E-state index contributed by atoms with van der Waals surface area (Å²) in [6.07, 6.45) is -0.445. The molecule has 1 aliphatic heterocycles. The molecule has 0 saturated carbocycles. The van der Waals surface area contributed by atoms with Gasteiger partial charge < -0.3 is 9.15 Å². The fraction of sp³-hybridized carbons (Fsp3) is 0.231. The molecule has 0 bridgehead atoms. The molecule has 5 nitrogen and oxygen atoms in total. The number of amides is 1. The van der Waals surface area contributed by atoms with Gasteiger partial charge in [0.25, 0.3) is 0 Å². The first-order chi connectivity index (χ1) is 8.74. The monoisotopic (exact) mass is 245 g/mol. The summed E-state index contributed by atoms with van der Waals surface area (Å²) in [4.78, 5) is 24.6. The zero-order valence-corrected chi connectivity index (χ0v) is 9.59. The third kappa shape index (κ3) is 1.84. The van der Waals surface area contributed by atoms with E-state index in [1.54, 1.807) is 12.1 Å². The molecule has 0 spiro atoms. The molecule has 1 aromatic carbocycles. The second-order valence-corrected chi connectivity index (χ2v) is 4.11. The number of benzene rings is 1. The number of nitrogens with zero attached hydrogens (tertiary/aromatic N) is 1. The highest BCUT2D eigenvalue weighted by molar-refractivity contribution is 5.99. The van der Waals surface area contributed by atoms with Crippen LogP contribution in [-0.2, 0) is 4.74 Å². The highest BCUT2D eigenvalue weighted by Crippen LogP contribution is 2.19. The van der Waals surface area contributed by atoms with Gasteiger partial charge in [-0.15, -0.1) is 0 Å². The summed E-state index contributed by atoms with van der Waals surface area (Å²) in [6, 6.07) is 9.09. The van der Waals surface area contributed by atoms with Crippen LogP contribution >= 0.6 is 0 Å². The molecule has 2 aromatic rings. The van der Waals surface area contributed by atoms with E-state index in [2.05, 4.69) is 0 Å². The van der Waals surface area contributed by atoms with Crippen LogP contribution < -0.4 is 0 Å². The van der Waals surface area contributed by atoms with Gasteiger partial charge in [0.15, 0.2) is 5.76 Å². The van der Waals surface area contributed by atoms with Crippen molar-refractivity contribution in [2.45, 2.75) is 0 Å². The van der Waals surface area contributed by atoms with E-state index in [9.17, 15) is 9.59 Å². The number of hydrogen-bond donors (Lipinski definition) is 0. The van der Waals surface area contributed by atoms with Crippen LogP contribution in [0, 0.1) is 0 Å². The Labute approximate surface area is 103 Å². The number of rotatable bonds is 3. The summed E-state index contributed by atoms with van der Waals surface area (Å²) in [5.41, 5.74) is 0.671. The van der Waals surface area contributed by atoms with Crippen molar-refractivity contribution in [3.05, 3.63) is 36.1 Å². The van der Waals surface area contributed by atoms with Crippen molar-refractivity contribution in [3.63, 3.8) is 0 Å². The number of ether oxygens (including phenoxy) is 1. The molecule has 1 aliphatic rings. The summed E-state index contributed by atoms with van der Waals surface area (Å²) < 4.78 is 10.2. The van der Waals surface area contributed by atoms with E-state index in [-0.39, 0.29) is 18.1 Å². The molecule has 0 atom stereocenters. The lowest BCUT2D eigenvalue weighted by Crippen LogP contribution is -2.30. The van der Waals surface area contributed by atoms with Gasteiger partial charge in [-0.3, -0.25) is 9.69 Å². The minimum atomic E-state index is -0.445. The lowest BCUT2D eigenvalue weighted by Gasteiger charge is -2.09. The number of furan rings is 1. The Kier molecular flexibility index (Phi) is 2.51. The normalized spacial score (nSPS) is 15.1. The van der Waals surface area contributed by atoms with Crippen LogP contribution in [0.4, 0.5) is 4.79 Å². The first kappa shape index (κ1) is 10.8. The van der Waals surface area contributed by atoms with Crippen molar-refractivity contribution >= 4 is 22.8 Å². The number of fused-ring (bicyclic) bond motifs is 1. The summed E-state index contributed by atoms with van der Waals surface area (Å²) >= 11 is 0. The summed E-state index contributed by atoms with van der Waals surface area (Å²) in [7, 11) is 0. The number of Topliss-reactive ketones (excluding diaryl/α,β-unsaturated/α-hetero) is 1. The molecule has 0 unspecified atom stereocenters. The highest BCUT2D eigenvalue weighted by Gasteiger charge is 2.25. The molecule has 1 aromatic heterocycles. The van der Waals surface area contributed by atoms with Crippen LogP contribution in [0.3, 0.4) is 0 Å². The highest BCUT2D eigenvalue weighted by atomic mass is 16.6. The van der Waals surface area contributed by atoms with Crippen LogP contribution in [0.1, 0.15) is 10.6 Å². The van der Waals surface area contributed by atoms with Crippen molar-refractivity contribution in [2.75, 3.05) is 19.7 Å². The minimum absolute atomic E-state index is 0.00133. The van der Waals surface area contributed by atoms with Crippen molar-refractivity contribution in [1.29, 1.82) is 0 Å². The number of para-hydroxylation sites is 1. The zero-order chi connectivity index (χ0) is 12.5. The van der Waals surface area contributed by atoms with Gasteiger partial charge in [-0.2, -0.15) is 0 Å². The molecule has 1 saturated heterocycles. The standard InChI is InChI=1S/C13H11NO4/c15-10(8-14-5-6-17-13(14)16)12-7-9-3-1-2-4-11(9)18-12/h1-4,7H,5-6,8H2. The average molecular weight is 245 g/mol. The lowest BCUT2D eigenvalue weighted by molar-refractivity contribution is 0.0919. The molecule has 2 heterocycles. The van der Waals surface area contributed by atoms with Crippen molar-refractivity contribution in [2.24, 2.45) is 0 Å². The Morgan fingerprint density at radius 2 is 2.17 bits per heavy atom. The maximum atomic E-state index is 12.0. The largest absolute Gasteiger partial charge is 0.453 e. The van der Waals surface area contributed by atoms with E-state index in [1.165, 1.54) is 4.90 Å². The van der Waals surface area contributed by atoms with Gasteiger partial charge in [-0.05, 0) is 12.1 Å². The second-order valence-electron chi connectivity index (χ2n) is 4.11. The molecule has 0 aliphatic carbocycles. The molecule has 3 rings (SSSR count). The smallest absolute Gasteiger partial charge is 0.410 e. The molecule has 1 amide bonds. The SMILES string of the molecule is O=C(CN1CCOC1=O)c1cc2ccccc2o1. The van der Waals surface area contributed by atoms with E-state index in [1.807, 2.05) is 18.2 Å². The summed E-state index contributed by atoms with van der Waals surface area (Å²) in [5, 5.41) is 0.879. The molecule has 92 valence electrons. The predicted octanol–water partition coefficient (Wildman–Crippen LogP) is 2.07. The quantitative estimate of drug-likeness (QED) is 0.776. The molecule has 0 N–H and O–H groups in total. The minimum Gasteiger partial charge on any atom is -0.453 e. The third-order valence-electron chi connectivity index (χ3n) is 2.88. The molecular formula is C13H11NO4. The molecular weight excluding hydrogens is 234 g/mol. The fourth-order valence-electron chi connectivity index (χ4n) is 1.94. The Morgan fingerprint density at radius 3 is 2.89 bits per heavy atom. The van der Waals surface area contributed by atoms with Gasteiger partial charge >= 0.3 is 6.09 Å². The van der Waals surface area contributed by atoms with Gasteiger partial charge in [0, 0.05) is 5.39 Å². The van der Waals surface area contributed by atoms with Crippen LogP contribution in [-0.4, -0.2) is 36.5 Å². The van der Waals surface area contributed by atoms with Crippen LogP contribution in [0.5, 0.6) is 0 Å². The van der Waals surface area contributed by atoms with Gasteiger partial charge in [0.05, 0.1) is 13.1 Å².